The molecule has 0 aromatic carbocycles. The average Bonchev–Trinajstić information content (AvgIpc) is 3.23. The fraction of sp³-hybridized carbons (Fsp3) is 0.882. The van der Waals surface area contributed by atoms with Gasteiger partial charge in [-0.3, -0.25) is 4.79 Å². The molecule has 1 spiro atoms. The van der Waals surface area contributed by atoms with Gasteiger partial charge in [0.1, 0.15) is 5.60 Å². The van der Waals surface area contributed by atoms with Crippen LogP contribution in [0.25, 0.3) is 0 Å². The highest BCUT2D eigenvalue weighted by Crippen LogP contribution is 2.42. The van der Waals surface area contributed by atoms with Crippen molar-refractivity contribution in [3.05, 3.63) is 0 Å². The van der Waals surface area contributed by atoms with Gasteiger partial charge in [0.05, 0.1) is 13.1 Å². The minimum absolute atomic E-state index is 0.127. The van der Waals surface area contributed by atoms with E-state index in [-0.39, 0.29) is 11.6 Å². The smallest absolute Gasteiger partial charge is 0.320 e. The lowest BCUT2D eigenvalue weighted by Crippen LogP contribution is -2.67. The summed E-state index contributed by atoms with van der Waals surface area (Å²) in [7, 11) is 0. The Morgan fingerprint density at radius 2 is 1.91 bits per heavy atom. The van der Waals surface area contributed by atoms with E-state index >= 15 is 0 Å². The third-order valence-corrected chi connectivity index (χ3v) is 6.08. The topological polar surface area (TPSA) is 53.1 Å². The van der Waals surface area contributed by atoms with Gasteiger partial charge in [0.2, 0.25) is 5.91 Å². The Kier molecular flexibility index (Phi) is 3.95. The van der Waals surface area contributed by atoms with Crippen LogP contribution in [0.3, 0.4) is 0 Å². The van der Waals surface area contributed by atoms with Crippen molar-refractivity contribution in [1.29, 1.82) is 0 Å². The maximum Gasteiger partial charge on any atom is 0.320 e. The van der Waals surface area contributed by atoms with Crippen LogP contribution < -0.4 is 0 Å². The molecular formula is C17H27N3O3. The van der Waals surface area contributed by atoms with Crippen LogP contribution in [0.1, 0.15) is 38.5 Å². The zero-order valence-corrected chi connectivity index (χ0v) is 13.8. The Bertz CT molecular complexity index is 483. The third-order valence-electron chi connectivity index (χ3n) is 6.08. The highest BCUT2D eigenvalue weighted by molar-refractivity contribution is 5.78. The molecule has 4 aliphatic heterocycles. The number of hydrogen-bond donors (Lipinski definition) is 0. The van der Waals surface area contributed by atoms with Gasteiger partial charge >= 0.3 is 6.03 Å². The lowest BCUT2D eigenvalue weighted by Gasteiger charge is -2.51. The molecule has 23 heavy (non-hydrogen) atoms. The van der Waals surface area contributed by atoms with Gasteiger partial charge in [-0.05, 0) is 38.0 Å². The quantitative estimate of drug-likeness (QED) is 0.787. The number of rotatable bonds is 3. The highest BCUT2D eigenvalue weighted by Gasteiger charge is 2.54. The van der Waals surface area contributed by atoms with Crippen molar-refractivity contribution in [3.63, 3.8) is 0 Å². The molecule has 0 saturated carbocycles. The molecule has 6 nitrogen and oxygen atoms in total. The van der Waals surface area contributed by atoms with Crippen LogP contribution in [0.5, 0.6) is 0 Å². The first kappa shape index (κ1) is 15.2. The second-order valence-corrected chi connectivity index (χ2v) is 7.50. The molecule has 1 atom stereocenters. The van der Waals surface area contributed by atoms with Crippen molar-refractivity contribution in [1.82, 2.24) is 14.7 Å². The predicted molar refractivity (Wildman–Crippen MR) is 85.0 cm³/mol. The van der Waals surface area contributed by atoms with Crippen LogP contribution in [0.2, 0.25) is 0 Å². The maximum atomic E-state index is 12.4. The summed E-state index contributed by atoms with van der Waals surface area (Å²) in [6.07, 6.45) is 6.06. The summed E-state index contributed by atoms with van der Waals surface area (Å²) < 4.78 is 6.06. The molecule has 3 amide bonds. The van der Waals surface area contributed by atoms with E-state index in [1.165, 1.54) is 0 Å². The Balaban J connectivity index is 1.30. The fourth-order valence-electron chi connectivity index (χ4n) is 4.64. The van der Waals surface area contributed by atoms with Crippen LogP contribution >= 0.6 is 0 Å². The summed E-state index contributed by atoms with van der Waals surface area (Å²) >= 11 is 0. The van der Waals surface area contributed by atoms with E-state index in [4.69, 9.17) is 4.74 Å². The minimum atomic E-state index is -0.127. The Hall–Kier alpha value is -1.30. The van der Waals surface area contributed by atoms with E-state index < -0.39 is 0 Å². The Labute approximate surface area is 137 Å². The number of nitrogens with zero attached hydrogens (tertiary/aromatic N) is 3. The molecule has 0 aliphatic carbocycles. The number of likely N-dealkylation sites (tertiary alicyclic amines) is 3. The second kappa shape index (κ2) is 5.96. The van der Waals surface area contributed by atoms with Crippen molar-refractivity contribution in [2.75, 3.05) is 45.9 Å². The van der Waals surface area contributed by atoms with Crippen LogP contribution in [-0.4, -0.2) is 78.1 Å². The largest absolute Gasteiger partial charge is 0.371 e. The van der Waals surface area contributed by atoms with E-state index in [9.17, 15) is 9.59 Å². The predicted octanol–water partition coefficient (Wildman–Crippen LogP) is 1.31. The molecule has 128 valence electrons. The van der Waals surface area contributed by atoms with Crippen LogP contribution in [-0.2, 0) is 9.53 Å². The Morgan fingerprint density at radius 3 is 2.61 bits per heavy atom. The summed E-state index contributed by atoms with van der Waals surface area (Å²) in [4.78, 5) is 30.1. The molecule has 4 heterocycles. The van der Waals surface area contributed by atoms with E-state index in [0.29, 0.717) is 18.2 Å². The van der Waals surface area contributed by atoms with E-state index in [2.05, 4.69) is 0 Å². The molecule has 4 saturated heterocycles. The van der Waals surface area contributed by atoms with Crippen molar-refractivity contribution < 1.29 is 14.3 Å². The first-order valence-electron chi connectivity index (χ1n) is 9.14. The van der Waals surface area contributed by atoms with Gasteiger partial charge in [0.15, 0.2) is 0 Å². The van der Waals surface area contributed by atoms with Crippen molar-refractivity contribution in [3.8, 4) is 0 Å². The summed E-state index contributed by atoms with van der Waals surface area (Å²) in [5, 5.41) is 0. The van der Waals surface area contributed by atoms with E-state index in [0.717, 1.165) is 78.0 Å². The summed E-state index contributed by atoms with van der Waals surface area (Å²) in [6.45, 7) is 5.85. The van der Waals surface area contributed by atoms with Crippen LogP contribution in [0.4, 0.5) is 4.79 Å². The summed E-state index contributed by atoms with van der Waals surface area (Å²) in [5.74, 6) is 0.788. The Morgan fingerprint density at radius 1 is 1.13 bits per heavy atom. The third kappa shape index (κ3) is 2.71. The van der Waals surface area contributed by atoms with Crippen LogP contribution in [0.15, 0.2) is 0 Å². The monoisotopic (exact) mass is 321 g/mol. The van der Waals surface area contributed by atoms with Crippen molar-refractivity contribution >= 4 is 11.9 Å². The maximum absolute atomic E-state index is 12.4. The number of carbonyl (C=O) groups excluding carboxylic acids is 2. The minimum Gasteiger partial charge on any atom is -0.371 e. The van der Waals surface area contributed by atoms with Crippen molar-refractivity contribution in [2.24, 2.45) is 5.92 Å². The van der Waals surface area contributed by atoms with E-state index in [1.807, 2.05) is 14.7 Å². The van der Waals surface area contributed by atoms with Gasteiger partial charge in [-0.15, -0.1) is 0 Å². The average molecular weight is 321 g/mol. The van der Waals surface area contributed by atoms with Gasteiger partial charge in [0, 0.05) is 39.2 Å². The molecule has 0 N–H and O–H groups in total. The zero-order chi connectivity index (χ0) is 15.9. The molecule has 1 unspecified atom stereocenters. The lowest BCUT2D eigenvalue weighted by molar-refractivity contribution is -0.130. The first-order valence-corrected chi connectivity index (χ1v) is 9.14. The highest BCUT2D eigenvalue weighted by atomic mass is 16.5. The van der Waals surface area contributed by atoms with E-state index in [1.54, 1.807) is 0 Å². The van der Waals surface area contributed by atoms with Gasteiger partial charge < -0.3 is 19.4 Å². The number of hydrogen-bond acceptors (Lipinski definition) is 3. The number of urea groups is 1. The van der Waals surface area contributed by atoms with Gasteiger partial charge in [-0.2, -0.15) is 0 Å². The fourth-order valence-corrected chi connectivity index (χ4v) is 4.64. The summed E-state index contributed by atoms with van der Waals surface area (Å²) in [5.41, 5.74) is -0.127. The van der Waals surface area contributed by atoms with Gasteiger partial charge in [-0.1, -0.05) is 0 Å². The molecule has 4 fully saturated rings. The normalized spacial score (nSPS) is 29.7. The van der Waals surface area contributed by atoms with Gasteiger partial charge in [0.25, 0.3) is 0 Å². The standard InChI is InChI=1S/C17H27N3O3/c21-15-4-3-9-18(15)10-5-14-6-11-23-17(14)12-20(13-17)16(22)19-7-1-2-8-19/h14H,1-13H2. The summed E-state index contributed by atoms with van der Waals surface area (Å²) in [6, 6.07) is 0.192. The molecule has 0 bridgehead atoms. The molecule has 0 aromatic heterocycles. The molecular weight excluding hydrogens is 294 g/mol. The number of carbonyl (C=O) groups is 2. The molecule has 0 radical (unpaired) electrons. The molecule has 4 aliphatic rings. The first-order chi connectivity index (χ1) is 11.2. The zero-order valence-electron chi connectivity index (χ0n) is 13.8. The number of ether oxygens (including phenoxy) is 1. The molecule has 0 aromatic rings. The number of amides is 3. The SMILES string of the molecule is O=C1CCCN1CCC1CCOC12CN(C(=O)N1CCCC1)C2. The molecule has 6 heteroatoms. The van der Waals surface area contributed by atoms with Crippen molar-refractivity contribution in [2.45, 2.75) is 44.1 Å². The molecule has 4 rings (SSSR count). The van der Waals surface area contributed by atoms with Gasteiger partial charge in [-0.25, -0.2) is 4.79 Å². The van der Waals surface area contributed by atoms with Crippen LogP contribution in [0, 0.1) is 5.92 Å². The second-order valence-electron chi connectivity index (χ2n) is 7.50. The lowest BCUT2D eigenvalue weighted by atomic mass is 9.79.